The van der Waals surface area contributed by atoms with Crippen LogP contribution in [0.15, 0.2) is 17.3 Å². The molecule has 0 bridgehead atoms. The molecule has 1 atom stereocenters. The van der Waals surface area contributed by atoms with E-state index in [1.54, 1.807) is 7.05 Å². The Morgan fingerprint density at radius 3 is 2.72 bits per heavy atom. The summed E-state index contributed by atoms with van der Waals surface area (Å²) in [7, 11) is 1.75. The number of hydrogen-bond acceptors (Lipinski definition) is 5. The molecule has 162 valence electrons. The van der Waals surface area contributed by atoms with E-state index in [-0.39, 0.29) is 5.95 Å². The molecule has 2 aliphatic rings. The lowest BCUT2D eigenvalue weighted by molar-refractivity contribution is -0.141. The second kappa shape index (κ2) is 10.1. The van der Waals surface area contributed by atoms with Gasteiger partial charge in [-0.05, 0) is 44.3 Å². The van der Waals surface area contributed by atoms with Gasteiger partial charge >= 0.3 is 6.18 Å². The van der Waals surface area contributed by atoms with Gasteiger partial charge in [-0.15, -0.1) is 0 Å². The van der Waals surface area contributed by atoms with Crippen LogP contribution in [0.1, 0.15) is 31.4 Å². The van der Waals surface area contributed by atoms with Gasteiger partial charge in [-0.25, -0.2) is 9.97 Å². The number of aromatic nitrogens is 2. The second-order valence-corrected chi connectivity index (χ2v) is 7.63. The van der Waals surface area contributed by atoms with E-state index in [1.165, 1.54) is 32.4 Å². The molecule has 3 rings (SSSR count). The van der Waals surface area contributed by atoms with Gasteiger partial charge in [0.2, 0.25) is 5.95 Å². The van der Waals surface area contributed by atoms with Crippen LogP contribution >= 0.6 is 0 Å². The number of halogens is 3. The molecular formula is C19H30F3N7. The van der Waals surface area contributed by atoms with Gasteiger partial charge in [-0.2, -0.15) is 13.2 Å². The van der Waals surface area contributed by atoms with Crippen LogP contribution in [-0.2, 0) is 6.18 Å². The van der Waals surface area contributed by atoms with Crippen LogP contribution in [0.5, 0.6) is 0 Å². The van der Waals surface area contributed by atoms with Crippen molar-refractivity contribution >= 4 is 11.9 Å². The SMILES string of the molecule is CN=C(NCCNc1nccc(C(F)(F)F)n1)N1CCC(CN2CCCCC2)C1. The molecule has 0 saturated carbocycles. The molecule has 0 radical (unpaired) electrons. The summed E-state index contributed by atoms with van der Waals surface area (Å²) in [5.74, 6) is 1.46. The van der Waals surface area contributed by atoms with E-state index in [1.807, 2.05) is 0 Å². The summed E-state index contributed by atoms with van der Waals surface area (Å²) < 4.78 is 38.1. The molecule has 7 nitrogen and oxygen atoms in total. The van der Waals surface area contributed by atoms with Crippen LogP contribution in [0.25, 0.3) is 0 Å². The minimum absolute atomic E-state index is 0.0284. The van der Waals surface area contributed by atoms with Crippen LogP contribution in [-0.4, -0.2) is 78.6 Å². The number of nitrogens with one attached hydrogen (secondary N) is 2. The Morgan fingerprint density at radius 2 is 2.00 bits per heavy atom. The molecule has 10 heteroatoms. The van der Waals surface area contributed by atoms with Crippen LogP contribution in [0.3, 0.4) is 0 Å². The molecule has 0 aliphatic carbocycles. The molecule has 2 aliphatic heterocycles. The molecule has 2 saturated heterocycles. The van der Waals surface area contributed by atoms with Gasteiger partial charge in [0.05, 0.1) is 0 Å². The predicted octanol–water partition coefficient (Wildman–Crippen LogP) is 2.29. The van der Waals surface area contributed by atoms with Gasteiger partial charge < -0.3 is 20.4 Å². The molecule has 29 heavy (non-hydrogen) atoms. The van der Waals surface area contributed by atoms with E-state index < -0.39 is 11.9 Å². The number of guanidine groups is 1. The lowest BCUT2D eigenvalue weighted by atomic mass is 10.1. The number of likely N-dealkylation sites (tertiary alicyclic amines) is 2. The summed E-state index contributed by atoms with van der Waals surface area (Å²) in [6, 6.07) is 0.860. The zero-order chi connectivity index (χ0) is 20.7. The molecule has 1 unspecified atom stereocenters. The van der Waals surface area contributed by atoms with Crippen LogP contribution in [0.2, 0.25) is 0 Å². The van der Waals surface area contributed by atoms with Crippen molar-refractivity contribution in [3.05, 3.63) is 18.0 Å². The van der Waals surface area contributed by atoms with Gasteiger partial charge in [-0.3, -0.25) is 4.99 Å². The highest BCUT2D eigenvalue weighted by Gasteiger charge is 2.32. The van der Waals surface area contributed by atoms with E-state index in [0.717, 1.165) is 44.3 Å². The summed E-state index contributed by atoms with van der Waals surface area (Å²) in [4.78, 5) is 16.5. The molecule has 0 aromatic carbocycles. The van der Waals surface area contributed by atoms with Crippen molar-refractivity contribution in [2.75, 3.05) is 58.2 Å². The van der Waals surface area contributed by atoms with E-state index in [4.69, 9.17) is 0 Å². The van der Waals surface area contributed by atoms with Gasteiger partial charge in [0.1, 0.15) is 5.69 Å². The van der Waals surface area contributed by atoms with E-state index in [0.29, 0.717) is 19.0 Å². The third-order valence-electron chi connectivity index (χ3n) is 5.40. The van der Waals surface area contributed by atoms with Crippen LogP contribution in [0, 0.1) is 5.92 Å². The molecule has 2 N–H and O–H groups in total. The Hall–Kier alpha value is -2.10. The van der Waals surface area contributed by atoms with Crippen molar-refractivity contribution in [2.45, 2.75) is 31.9 Å². The van der Waals surface area contributed by atoms with E-state index >= 15 is 0 Å². The molecule has 0 amide bonds. The number of aliphatic imine (C=N–C) groups is 1. The fourth-order valence-electron chi connectivity index (χ4n) is 3.96. The monoisotopic (exact) mass is 413 g/mol. The molecule has 1 aromatic rings. The zero-order valence-electron chi connectivity index (χ0n) is 16.9. The van der Waals surface area contributed by atoms with Crippen LogP contribution in [0.4, 0.5) is 19.1 Å². The van der Waals surface area contributed by atoms with Gasteiger partial charge in [0.15, 0.2) is 5.96 Å². The Morgan fingerprint density at radius 1 is 1.21 bits per heavy atom. The number of alkyl halides is 3. The van der Waals surface area contributed by atoms with Crippen molar-refractivity contribution in [3.8, 4) is 0 Å². The summed E-state index contributed by atoms with van der Waals surface area (Å²) in [6.07, 6.45) is 1.76. The third-order valence-corrected chi connectivity index (χ3v) is 5.40. The maximum Gasteiger partial charge on any atom is 0.433 e. The molecular weight excluding hydrogens is 383 g/mol. The highest BCUT2D eigenvalue weighted by atomic mass is 19.4. The standard InChI is InChI=1S/C19H30F3N7/c1-23-18(29-12-6-15(14-29)13-28-10-3-2-4-11-28)26-9-8-25-17-24-7-5-16(27-17)19(20,21)22/h5,7,15H,2-4,6,8-14H2,1H3,(H,23,26)(H,24,25,27). The lowest BCUT2D eigenvalue weighted by Crippen LogP contribution is -2.42. The maximum atomic E-state index is 12.7. The zero-order valence-corrected chi connectivity index (χ0v) is 16.9. The first-order valence-electron chi connectivity index (χ1n) is 10.3. The van der Waals surface area contributed by atoms with Crippen molar-refractivity contribution in [1.29, 1.82) is 0 Å². The highest BCUT2D eigenvalue weighted by Crippen LogP contribution is 2.27. The fraction of sp³-hybridized carbons (Fsp3) is 0.737. The van der Waals surface area contributed by atoms with E-state index in [2.05, 4.69) is 35.4 Å². The normalized spacial score (nSPS) is 21.4. The number of piperidine rings is 1. The first-order chi connectivity index (χ1) is 14.0. The number of hydrogen-bond donors (Lipinski definition) is 2. The summed E-state index contributed by atoms with van der Waals surface area (Å²) in [5.41, 5.74) is -0.949. The topological polar surface area (TPSA) is 68.7 Å². The van der Waals surface area contributed by atoms with Crippen LogP contribution < -0.4 is 10.6 Å². The Balaban J connectivity index is 1.39. The number of anilines is 1. The Labute approximate surface area is 169 Å². The van der Waals surface area contributed by atoms with Crippen molar-refractivity contribution in [3.63, 3.8) is 0 Å². The highest BCUT2D eigenvalue weighted by molar-refractivity contribution is 5.80. The first-order valence-corrected chi connectivity index (χ1v) is 10.3. The smallest absolute Gasteiger partial charge is 0.354 e. The third kappa shape index (κ3) is 6.45. The molecule has 3 heterocycles. The van der Waals surface area contributed by atoms with Gasteiger partial charge in [-0.1, -0.05) is 6.42 Å². The summed E-state index contributed by atoms with van der Waals surface area (Å²) >= 11 is 0. The average Bonchev–Trinajstić information content (AvgIpc) is 3.16. The van der Waals surface area contributed by atoms with Crippen molar-refractivity contribution in [2.24, 2.45) is 10.9 Å². The Bertz CT molecular complexity index is 674. The largest absolute Gasteiger partial charge is 0.433 e. The quantitative estimate of drug-likeness (QED) is 0.424. The van der Waals surface area contributed by atoms with E-state index in [9.17, 15) is 13.2 Å². The molecule has 0 spiro atoms. The first kappa shape index (κ1) is 21.6. The maximum absolute atomic E-state index is 12.7. The Kier molecular flexibility index (Phi) is 7.51. The molecule has 1 aromatic heterocycles. The fourth-order valence-corrected chi connectivity index (χ4v) is 3.96. The van der Waals surface area contributed by atoms with Crippen molar-refractivity contribution < 1.29 is 13.2 Å². The van der Waals surface area contributed by atoms with Crippen molar-refractivity contribution in [1.82, 2.24) is 25.1 Å². The minimum Gasteiger partial charge on any atom is -0.354 e. The van der Waals surface area contributed by atoms with Gasteiger partial charge in [0, 0.05) is 46.0 Å². The predicted molar refractivity (Wildman–Crippen MR) is 107 cm³/mol. The average molecular weight is 413 g/mol. The molecule has 2 fully saturated rings. The number of nitrogens with zero attached hydrogens (tertiary/aromatic N) is 5. The minimum atomic E-state index is -4.47. The summed E-state index contributed by atoms with van der Waals surface area (Å²) in [6.45, 7) is 6.45. The summed E-state index contributed by atoms with van der Waals surface area (Å²) in [5, 5.41) is 6.10. The lowest BCUT2D eigenvalue weighted by Gasteiger charge is -2.29. The number of rotatable bonds is 6. The van der Waals surface area contributed by atoms with Gasteiger partial charge in [0.25, 0.3) is 0 Å². The second-order valence-electron chi connectivity index (χ2n) is 7.63.